The Kier molecular flexibility index (Phi) is 3.97. The van der Waals surface area contributed by atoms with Gasteiger partial charge in [-0.05, 0) is 25.1 Å². The van der Waals surface area contributed by atoms with Crippen molar-refractivity contribution in [2.24, 2.45) is 0 Å². The highest BCUT2D eigenvalue weighted by Crippen LogP contribution is 2.24. The SMILES string of the molecule is CCOc1cccc(Oc2cccc(C(=O)O)n2)c1. The summed E-state index contributed by atoms with van der Waals surface area (Å²) in [6.07, 6.45) is 0. The van der Waals surface area contributed by atoms with Crippen LogP contribution in [-0.4, -0.2) is 22.7 Å². The summed E-state index contributed by atoms with van der Waals surface area (Å²) < 4.78 is 10.9. The minimum Gasteiger partial charge on any atom is -0.494 e. The molecule has 0 aliphatic heterocycles. The molecule has 0 spiro atoms. The maximum absolute atomic E-state index is 10.8. The van der Waals surface area contributed by atoms with Gasteiger partial charge in [0.1, 0.15) is 11.5 Å². The van der Waals surface area contributed by atoms with Crippen LogP contribution in [0.2, 0.25) is 0 Å². The third-order valence-electron chi connectivity index (χ3n) is 2.28. The third-order valence-corrected chi connectivity index (χ3v) is 2.28. The van der Waals surface area contributed by atoms with E-state index in [0.29, 0.717) is 18.1 Å². The zero-order valence-electron chi connectivity index (χ0n) is 10.4. The predicted molar refractivity (Wildman–Crippen MR) is 68.9 cm³/mol. The summed E-state index contributed by atoms with van der Waals surface area (Å²) in [4.78, 5) is 14.7. The fourth-order valence-electron chi connectivity index (χ4n) is 1.51. The van der Waals surface area contributed by atoms with Gasteiger partial charge in [0.2, 0.25) is 5.88 Å². The van der Waals surface area contributed by atoms with E-state index in [2.05, 4.69) is 4.98 Å². The molecule has 0 amide bonds. The number of ether oxygens (including phenoxy) is 2. The van der Waals surface area contributed by atoms with Crippen LogP contribution in [0.4, 0.5) is 0 Å². The maximum atomic E-state index is 10.8. The van der Waals surface area contributed by atoms with Gasteiger partial charge in [-0.3, -0.25) is 0 Å². The first-order valence-corrected chi connectivity index (χ1v) is 5.80. The molecular weight excluding hydrogens is 246 g/mol. The van der Waals surface area contributed by atoms with Crippen molar-refractivity contribution in [3.63, 3.8) is 0 Å². The lowest BCUT2D eigenvalue weighted by Crippen LogP contribution is -2.00. The van der Waals surface area contributed by atoms with Crippen LogP contribution in [0.5, 0.6) is 17.4 Å². The second kappa shape index (κ2) is 5.86. The number of aromatic nitrogens is 1. The average Bonchev–Trinajstić information content (AvgIpc) is 2.40. The van der Waals surface area contributed by atoms with Gasteiger partial charge in [0.05, 0.1) is 6.61 Å². The molecule has 0 saturated heterocycles. The molecule has 5 heteroatoms. The molecule has 0 bridgehead atoms. The van der Waals surface area contributed by atoms with Crippen molar-refractivity contribution in [3.05, 3.63) is 48.2 Å². The van der Waals surface area contributed by atoms with E-state index in [1.807, 2.05) is 13.0 Å². The summed E-state index contributed by atoms with van der Waals surface area (Å²) in [5.74, 6) is 0.373. The normalized spacial score (nSPS) is 9.95. The molecule has 1 N–H and O–H groups in total. The molecule has 2 aromatic rings. The minimum absolute atomic E-state index is 0.0570. The molecule has 0 aliphatic carbocycles. The topological polar surface area (TPSA) is 68.7 Å². The van der Waals surface area contributed by atoms with Crippen LogP contribution in [0.1, 0.15) is 17.4 Å². The number of carboxylic acids is 1. The molecule has 1 aromatic carbocycles. The van der Waals surface area contributed by atoms with Crippen LogP contribution in [0.25, 0.3) is 0 Å². The number of hydrogen-bond acceptors (Lipinski definition) is 4. The number of nitrogens with zero attached hydrogens (tertiary/aromatic N) is 1. The molecule has 1 aromatic heterocycles. The number of hydrogen-bond donors (Lipinski definition) is 1. The van der Waals surface area contributed by atoms with Gasteiger partial charge >= 0.3 is 5.97 Å². The Morgan fingerprint density at radius 2 is 1.95 bits per heavy atom. The molecule has 0 aliphatic rings. The fourth-order valence-corrected chi connectivity index (χ4v) is 1.51. The second-order valence-electron chi connectivity index (χ2n) is 3.68. The molecule has 98 valence electrons. The van der Waals surface area contributed by atoms with Gasteiger partial charge < -0.3 is 14.6 Å². The van der Waals surface area contributed by atoms with Crippen LogP contribution in [0.3, 0.4) is 0 Å². The quantitative estimate of drug-likeness (QED) is 0.893. The Morgan fingerprint density at radius 3 is 2.68 bits per heavy atom. The average molecular weight is 259 g/mol. The van der Waals surface area contributed by atoms with E-state index in [-0.39, 0.29) is 11.6 Å². The summed E-state index contributed by atoms with van der Waals surface area (Å²) in [6.45, 7) is 2.46. The van der Waals surface area contributed by atoms with Gasteiger partial charge in [-0.1, -0.05) is 12.1 Å². The van der Waals surface area contributed by atoms with Crippen LogP contribution < -0.4 is 9.47 Å². The van der Waals surface area contributed by atoms with E-state index in [1.54, 1.807) is 30.3 Å². The van der Waals surface area contributed by atoms with Crippen LogP contribution >= 0.6 is 0 Å². The van der Waals surface area contributed by atoms with E-state index in [1.165, 1.54) is 6.07 Å². The molecule has 19 heavy (non-hydrogen) atoms. The first kappa shape index (κ1) is 12.9. The highest BCUT2D eigenvalue weighted by Gasteiger charge is 2.06. The summed E-state index contributed by atoms with van der Waals surface area (Å²) in [7, 11) is 0. The summed E-state index contributed by atoms with van der Waals surface area (Å²) in [5, 5.41) is 8.85. The van der Waals surface area contributed by atoms with Crippen molar-refractivity contribution in [3.8, 4) is 17.4 Å². The lowest BCUT2D eigenvalue weighted by Gasteiger charge is -2.07. The second-order valence-corrected chi connectivity index (χ2v) is 3.68. The fraction of sp³-hybridized carbons (Fsp3) is 0.143. The molecule has 1 heterocycles. The lowest BCUT2D eigenvalue weighted by atomic mass is 10.3. The van der Waals surface area contributed by atoms with Crippen LogP contribution in [0.15, 0.2) is 42.5 Å². The van der Waals surface area contributed by atoms with Gasteiger partial charge in [0, 0.05) is 12.1 Å². The molecule has 5 nitrogen and oxygen atoms in total. The Hall–Kier alpha value is -2.56. The standard InChI is InChI=1S/C14H13NO4/c1-2-18-10-5-3-6-11(9-10)19-13-8-4-7-12(15-13)14(16)17/h3-9H,2H2,1H3,(H,16,17). The largest absolute Gasteiger partial charge is 0.494 e. The molecule has 0 fully saturated rings. The zero-order chi connectivity index (χ0) is 13.7. The minimum atomic E-state index is -1.09. The number of pyridine rings is 1. The van der Waals surface area contributed by atoms with E-state index < -0.39 is 5.97 Å². The smallest absolute Gasteiger partial charge is 0.354 e. The van der Waals surface area contributed by atoms with Crippen LogP contribution in [-0.2, 0) is 0 Å². The van der Waals surface area contributed by atoms with E-state index in [4.69, 9.17) is 14.6 Å². The summed E-state index contributed by atoms with van der Waals surface area (Å²) >= 11 is 0. The zero-order valence-corrected chi connectivity index (χ0v) is 10.4. The lowest BCUT2D eigenvalue weighted by molar-refractivity contribution is 0.0689. The van der Waals surface area contributed by atoms with Crippen molar-refractivity contribution in [2.45, 2.75) is 6.92 Å². The van der Waals surface area contributed by atoms with E-state index in [0.717, 1.165) is 0 Å². The summed E-state index contributed by atoms with van der Waals surface area (Å²) in [5.41, 5.74) is -0.0570. The number of benzene rings is 1. The third kappa shape index (κ3) is 3.45. The molecule has 0 radical (unpaired) electrons. The van der Waals surface area contributed by atoms with Gasteiger partial charge in [-0.15, -0.1) is 0 Å². The molecular formula is C14H13NO4. The van der Waals surface area contributed by atoms with Crippen LogP contribution in [0, 0.1) is 0 Å². The number of carbonyl (C=O) groups is 1. The highest BCUT2D eigenvalue weighted by molar-refractivity contribution is 5.85. The first-order chi connectivity index (χ1) is 9.19. The molecule has 0 atom stereocenters. The molecule has 2 rings (SSSR count). The molecule has 0 unspecified atom stereocenters. The molecule has 0 saturated carbocycles. The number of rotatable bonds is 5. The van der Waals surface area contributed by atoms with Crippen molar-refractivity contribution < 1.29 is 19.4 Å². The Bertz CT molecular complexity index is 583. The van der Waals surface area contributed by atoms with Gasteiger partial charge in [0.15, 0.2) is 5.69 Å². The number of aromatic carboxylic acids is 1. The van der Waals surface area contributed by atoms with Gasteiger partial charge in [-0.25, -0.2) is 9.78 Å². The van der Waals surface area contributed by atoms with Crippen molar-refractivity contribution in [1.82, 2.24) is 4.98 Å². The Morgan fingerprint density at radius 1 is 1.21 bits per heavy atom. The maximum Gasteiger partial charge on any atom is 0.354 e. The van der Waals surface area contributed by atoms with E-state index >= 15 is 0 Å². The Labute approximate surface area is 110 Å². The van der Waals surface area contributed by atoms with Crippen molar-refractivity contribution >= 4 is 5.97 Å². The summed E-state index contributed by atoms with van der Waals surface area (Å²) in [6, 6.07) is 11.7. The Balaban J connectivity index is 2.18. The van der Waals surface area contributed by atoms with Gasteiger partial charge in [0.25, 0.3) is 0 Å². The van der Waals surface area contributed by atoms with Gasteiger partial charge in [-0.2, -0.15) is 0 Å². The predicted octanol–water partition coefficient (Wildman–Crippen LogP) is 2.97. The monoisotopic (exact) mass is 259 g/mol. The number of carboxylic acid groups (broad SMARTS) is 1. The van der Waals surface area contributed by atoms with Crippen molar-refractivity contribution in [1.29, 1.82) is 0 Å². The first-order valence-electron chi connectivity index (χ1n) is 5.80. The highest BCUT2D eigenvalue weighted by atomic mass is 16.5. The van der Waals surface area contributed by atoms with E-state index in [9.17, 15) is 4.79 Å². The van der Waals surface area contributed by atoms with Crippen molar-refractivity contribution in [2.75, 3.05) is 6.61 Å².